The Labute approximate surface area is 163 Å². The van der Waals surface area contributed by atoms with Crippen LogP contribution in [0.15, 0.2) is 47.6 Å². The van der Waals surface area contributed by atoms with E-state index >= 15 is 0 Å². The quantitative estimate of drug-likeness (QED) is 0.508. The summed E-state index contributed by atoms with van der Waals surface area (Å²) in [5.41, 5.74) is 3.41. The number of carbonyl (C=O) groups excluding carboxylic acids is 2. The summed E-state index contributed by atoms with van der Waals surface area (Å²) < 4.78 is 15.7. The summed E-state index contributed by atoms with van der Waals surface area (Å²) in [7, 11) is 2.98. The van der Waals surface area contributed by atoms with Crippen LogP contribution >= 0.6 is 0 Å². The van der Waals surface area contributed by atoms with Gasteiger partial charge in [0.2, 0.25) is 0 Å². The number of benzene rings is 2. The fourth-order valence-corrected chi connectivity index (χ4v) is 2.29. The Morgan fingerprint density at radius 2 is 1.75 bits per heavy atom. The SMILES string of the molecule is CCOc1ccccc1/C=N\NC(=O)CNC(=O)c1cc(OC)cc(OC)c1. The fourth-order valence-electron chi connectivity index (χ4n) is 2.29. The predicted octanol–water partition coefficient (Wildman–Crippen LogP) is 1.98. The molecule has 8 heteroatoms. The van der Waals surface area contributed by atoms with Crippen molar-refractivity contribution in [2.24, 2.45) is 5.10 Å². The smallest absolute Gasteiger partial charge is 0.259 e. The van der Waals surface area contributed by atoms with Gasteiger partial charge in [0, 0.05) is 17.2 Å². The van der Waals surface area contributed by atoms with Crippen molar-refractivity contribution in [3.63, 3.8) is 0 Å². The van der Waals surface area contributed by atoms with Crippen molar-refractivity contribution in [1.82, 2.24) is 10.7 Å². The molecule has 2 aromatic carbocycles. The highest BCUT2D eigenvalue weighted by Gasteiger charge is 2.11. The van der Waals surface area contributed by atoms with Gasteiger partial charge in [0.05, 0.1) is 33.6 Å². The van der Waals surface area contributed by atoms with Crippen LogP contribution in [0.2, 0.25) is 0 Å². The van der Waals surface area contributed by atoms with Crippen LogP contribution < -0.4 is 25.0 Å². The van der Waals surface area contributed by atoms with Crippen molar-refractivity contribution in [2.45, 2.75) is 6.92 Å². The first-order valence-electron chi connectivity index (χ1n) is 8.62. The summed E-state index contributed by atoms with van der Waals surface area (Å²) >= 11 is 0. The van der Waals surface area contributed by atoms with Gasteiger partial charge in [0.1, 0.15) is 17.2 Å². The normalized spacial score (nSPS) is 10.4. The molecule has 2 N–H and O–H groups in total. The topological polar surface area (TPSA) is 98.2 Å². The van der Waals surface area contributed by atoms with E-state index in [1.807, 2.05) is 31.2 Å². The average Bonchev–Trinajstić information content (AvgIpc) is 2.73. The number of nitrogens with one attached hydrogen (secondary N) is 2. The second-order valence-corrected chi connectivity index (χ2v) is 5.55. The third kappa shape index (κ3) is 6.01. The highest BCUT2D eigenvalue weighted by atomic mass is 16.5. The molecule has 148 valence electrons. The molecule has 0 saturated carbocycles. The summed E-state index contributed by atoms with van der Waals surface area (Å²) in [6, 6.07) is 12.1. The molecule has 0 aliphatic heterocycles. The van der Waals surface area contributed by atoms with Crippen LogP contribution in [0.3, 0.4) is 0 Å². The molecule has 2 aromatic rings. The average molecular weight is 385 g/mol. The van der Waals surface area contributed by atoms with Crippen molar-refractivity contribution >= 4 is 18.0 Å². The standard InChI is InChI=1S/C20H23N3O5/c1-4-28-18-8-6-5-7-14(18)12-22-23-19(24)13-21-20(25)15-9-16(26-2)11-17(10-15)27-3/h5-12H,4,13H2,1-3H3,(H,21,25)(H,23,24)/b22-12-. The van der Waals surface area contributed by atoms with Crippen LogP contribution in [-0.2, 0) is 4.79 Å². The second kappa shape index (κ2) is 10.6. The van der Waals surface area contributed by atoms with Crippen molar-refractivity contribution in [1.29, 1.82) is 0 Å². The van der Waals surface area contributed by atoms with Crippen LogP contribution in [0, 0.1) is 0 Å². The Morgan fingerprint density at radius 3 is 2.39 bits per heavy atom. The van der Waals surface area contributed by atoms with E-state index in [1.165, 1.54) is 20.4 Å². The van der Waals surface area contributed by atoms with E-state index in [1.54, 1.807) is 18.2 Å². The van der Waals surface area contributed by atoms with E-state index in [9.17, 15) is 9.59 Å². The van der Waals surface area contributed by atoms with Crippen LogP contribution in [0.25, 0.3) is 0 Å². The minimum absolute atomic E-state index is 0.233. The minimum Gasteiger partial charge on any atom is -0.497 e. The summed E-state index contributed by atoms with van der Waals surface area (Å²) in [4.78, 5) is 24.1. The number of methoxy groups -OCH3 is 2. The molecule has 0 aliphatic carbocycles. The van der Waals surface area contributed by atoms with Crippen LogP contribution in [0.1, 0.15) is 22.8 Å². The zero-order valence-corrected chi connectivity index (χ0v) is 16.0. The zero-order valence-electron chi connectivity index (χ0n) is 16.0. The Kier molecular flexibility index (Phi) is 7.83. The van der Waals surface area contributed by atoms with Gasteiger partial charge < -0.3 is 19.5 Å². The molecular formula is C20H23N3O5. The lowest BCUT2D eigenvalue weighted by molar-refractivity contribution is -0.120. The van der Waals surface area contributed by atoms with Crippen molar-refractivity contribution < 1.29 is 23.8 Å². The Bertz CT molecular complexity index is 829. The largest absolute Gasteiger partial charge is 0.497 e. The molecule has 2 amide bonds. The molecule has 0 aliphatic rings. The van der Waals surface area contributed by atoms with E-state index in [2.05, 4.69) is 15.8 Å². The van der Waals surface area contributed by atoms with Gasteiger partial charge >= 0.3 is 0 Å². The summed E-state index contributed by atoms with van der Waals surface area (Å²) in [6.45, 7) is 2.18. The van der Waals surface area contributed by atoms with Crippen LogP contribution in [-0.4, -0.2) is 45.4 Å². The number of carbonyl (C=O) groups is 2. The predicted molar refractivity (Wildman–Crippen MR) is 105 cm³/mol. The lowest BCUT2D eigenvalue weighted by Crippen LogP contribution is -2.34. The molecular weight excluding hydrogens is 362 g/mol. The van der Waals surface area contributed by atoms with E-state index in [0.29, 0.717) is 29.4 Å². The lowest BCUT2D eigenvalue weighted by atomic mass is 10.2. The number of amides is 2. The molecule has 8 nitrogen and oxygen atoms in total. The molecule has 0 saturated heterocycles. The third-order valence-electron chi connectivity index (χ3n) is 3.63. The zero-order chi connectivity index (χ0) is 20.4. The lowest BCUT2D eigenvalue weighted by Gasteiger charge is -2.09. The van der Waals surface area contributed by atoms with Gasteiger partial charge in [-0.15, -0.1) is 0 Å². The first kappa shape index (κ1) is 20.8. The number of ether oxygens (including phenoxy) is 3. The number of hydrogen-bond donors (Lipinski definition) is 2. The van der Waals surface area contributed by atoms with E-state index in [4.69, 9.17) is 14.2 Å². The number of hydrogen-bond acceptors (Lipinski definition) is 6. The fraction of sp³-hybridized carbons (Fsp3) is 0.250. The van der Waals surface area contributed by atoms with E-state index in [-0.39, 0.29) is 6.54 Å². The highest BCUT2D eigenvalue weighted by Crippen LogP contribution is 2.22. The first-order chi connectivity index (χ1) is 13.6. The summed E-state index contributed by atoms with van der Waals surface area (Å²) in [5, 5.41) is 6.42. The van der Waals surface area contributed by atoms with Crippen molar-refractivity contribution in [3.8, 4) is 17.2 Å². The van der Waals surface area contributed by atoms with Gasteiger partial charge in [-0.25, -0.2) is 5.43 Å². The number of hydrazone groups is 1. The first-order valence-corrected chi connectivity index (χ1v) is 8.62. The highest BCUT2D eigenvalue weighted by molar-refractivity contribution is 5.97. The maximum atomic E-state index is 12.2. The molecule has 0 aromatic heterocycles. The molecule has 0 radical (unpaired) electrons. The van der Waals surface area contributed by atoms with Gasteiger partial charge in [0.25, 0.3) is 11.8 Å². The summed E-state index contributed by atoms with van der Waals surface area (Å²) in [6.07, 6.45) is 1.48. The van der Waals surface area contributed by atoms with E-state index < -0.39 is 11.8 Å². The van der Waals surface area contributed by atoms with Gasteiger partial charge in [0.15, 0.2) is 0 Å². The Hall–Kier alpha value is -3.55. The Balaban J connectivity index is 1.90. The monoisotopic (exact) mass is 385 g/mol. The van der Waals surface area contributed by atoms with Crippen LogP contribution in [0.4, 0.5) is 0 Å². The second-order valence-electron chi connectivity index (χ2n) is 5.55. The minimum atomic E-state index is -0.464. The molecule has 0 bridgehead atoms. The van der Waals surface area contributed by atoms with Gasteiger partial charge in [-0.05, 0) is 31.2 Å². The van der Waals surface area contributed by atoms with Crippen molar-refractivity contribution in [2.75, 3.05) is 27.4 Å². The number of para-hydroxylation sites is 1. The van der Waals surface area contributed by atoms with Crippen molar-refractivity contribution in [3.05, 3.63) is 53.6 Å². The molecule has 0 heterocycles. The van der Waals surface area contributed by atoms with Gasteiger partial charge in [-0.3, -0.25) is 9.59 Å². The Morgan fingerprint density at radius 1 is 1.07 bits per heavy atom. The number of rotatable bonds is 9. The van der Waals surface area contributed by atoms with E-state index in [0.717, 1.165) is 5.56 Å². The molecule has 2 rings (SSSR count). The molecule has 0 spiro atoms. The number of nitrogens with zero attached hydrogens (tertiary/aromatic N) is 1. The van der Waals surface area contributed by atoms with Gasteiger partial charge in [-0.2, -0.15) is 5.10 Å². The molecule has 0 fully saturated rings. The maximum absolute atomic E-state index is 12.2. The molecule has 0 atom stereocenters. The maximum Gasteiger partial charge on any atom is 0.259 e. The summed E-state index contributed by atoms with van der Waals surface area (Å²) in [5.74, 6) is 0.729. The molecule has 0 unspecified atom stereocenters. The van der Waals surface area contributed by atoms with Gasteiger partial charge in [-0.1, -0.05) is 12.1 Å². The molecule has 28 heavy (non-hydrogen) atoms. The van der Waals surface area contributed by atoms with Crippen LogP contribution in [0.5, 0.6) is 17.2 Å². The third-order valence-corrected chi connectivity index (χ3v) is 3.63.